The van der Waals surface area contributed by atoms with Crippen molar-refractivity contribution in [2.24, 2.45) is 5.73 Å². The van der Waals surface area contributed by atoms with Crippen LogP contribution >= 0.6 is 24.0 Å². The van der Waals surface area contributed by atoms with Crippen molar-refractivity contribution in [2.75, 3.05) is 18.4 Å². The van der Waals surface area contributed by atoms with Crippen LogP contribution in [0.15, 0.2) is 54.6 Å². The number of benzene rings is 3. The maximum absolute atomic E-state index is 14.3. The first-order chi connectivity index (χ1) is 20.5. The lowest BCUT2D eigenvalue weighted by Crippen LogP contribution is -2.50. The summed E-state index contributed by atoms with van der Waals surface area (Å²) in [6.07, 6.45) is 2.83. The van der Waals surface area contributed by atoms with Crippen LogP contribution in [0, 0.1) is 11.6 Å². The monoisotopic (exact) mass is 650 g/mol. The van der Waals surface area contributed by atoms with Crippen LogP contribution in [0.25, 0.3) is 0 Å². The van der Waals surface area contributed by atoms with E-state index in [1.807, 2.05) is 31.2 Å². The van der Waals surface area contributed by atoms with Gasteiger partial charge in [-0.05, 0) is 74.3 Å². The molecule has 1 heterocycles. The number of anilines is 1. The molecule has 0 saturated carbocycles. The lowest BCUT2D eigenvalue weighted by molar-refractivity contribution is -0.118. The fraction of sp³-hybridized carbons (Fsp3) is 0.323. The van der Waals surface area contributed by atoms with Crippen molar-refractivity contribution in [3.63, 3.8) is 0 Å². The summed E-state index contributed by atoms with van der Waals surface area (Å²) in [6, 6.07) is 12.8. The average Bonchev–Trinajstić information content (AvgIpc) is 2.97. The number of piperidine rings is 1. The number of carboxylic acids is 1. The van der Waals surface area contributed by atoms with Crippen LogP contribution in [-0.2, 0) is 11.3 Å². The molecule has 5 N–H and O–H groups in total. The number of amides is 2. The van der Waals surface area contributed by atoms with Gasteiger partial charge in [-0.15, -0.1) is 12.4 Å². The van der Waals surface area contributed by atoms with E-state index in [0.717, 1.165) is 44.1 Å². The maximum atomic E-state index is 14.3. The third kappa shape index (κ3) is 9.12. The van der Waals surface area contributed by atoms with E-state index in [1.165, 1.54) is 18.2 Å². The molecule has 4 rings (SSSR count). The number of primary amides is 1. The predicted octanol–water partition coefficient (Wildman–Crippen LogP) is 5.99. The lowest BCUT2D eigenvalue weighted by Gasteiger charge is -2.34. The lowest BCUT2D eigenvalue weighted by atomic mass is 10.0. The molecule has 2 amide bonds. The van der Waals surface area contributed by atoms with Crippen LogP contribution in [0.2, 0.25) is 5.02 Å². The summed E-state index contributed by atoms with van der Waals surface area (Å²) in [4.78, 5) is 37.8. The maximum Gasteiger partial charge on any atom is 0.335 e. The van der Waals surface area contributed by atoms with Crippen LogP contribution in [0.4, 0.5) is 14.5 Å². The summed E-state index contributed by atoms with van der Waals surface area (Å²) in [5.74, 6) is -3.72. The molecule has 236 valence electrons. The molecule has 0 radical (unpaired) electrons. The molecule has 44 heavy (non-hydrogen) atoms. The summed E-state index contributed by atoms with van der Waals surface area (Å²) in [5, 5.41) is 15.2. The molecule has 1 fully saturated rings. The standard InChI is InChI=1S/C31H33ClF2N4O5.ClH/c1-2-3-26(30(40)37-27-15-22(29(35)39)24(33)16-25(27)34)36-20-10-12-38(13-11-20)17-18-4-7-21(8-5-18)43-28-9-6-19(31(41)42)14-23(28)32;/h4-9,14-16,20,26,36H,2-3,10-13,17H2,1H3,(H2,35,39)(H,37,40)(H,41,42);1H. The largest absolute Gasteiger partial charge is 0.478 e. The van der Waals surface area contributed by atoms with Crippen LogP contribution in [-0.4, -0.2) is 53.0 Å². The van der Waals surface area contributed by atoms with Gasteiger partial charge in [0.05, 0.1) is 27.9 Å². The van der Waals surface area contributed by atoms with E-state index in [0.29, 0.717) is 30.4 Å². The topological polar surface area (TPSA) is 134 Å². The Hall–Kier alpha value is -3.77. The second kappa shape index (κ2) is 15.8. The van der Waals surface area contributed by atoms with Crippen LogP contribution in [0.5, 0.6) is 11.5 Å². The van der Waals surface area contributed by atoms with E-state index >= 15 is 0 Å². The number of carbonyl (C=O) groups is 3. The number of carbonyl (C=O) groups excluding carboxylic acids is 2. The number of aromatic carboxylic acids is 1. The molecule has 1 aliphatic rings. The van der Waals surface area contributed by atoms with E-state index in [1.54, 1.807) is 0 Å². The van der Waals surface area contributed by atoms with E-state index in [9.17, 15) is 23.2 Å². The van der Waals surface area contributed by atoms with Gasteiger partial charge in [0.1, 0.15) is 23.1 Å². The number of hydrogen-bond acceptors (Lipinski definition) is 6. The van der Waals surface area contributed by atoms with Crippen molar-refractivity contribution in [3.8, 4) is 11.5 Å². The van der Waals surface area contributed by atoms with Crippen LogP contribution in [0.1, 0.15) is 58.9 Å². The van der Waals surface area contributed by atoms with Gasteiger partial charge >= 0.3 is 5.97 Å². The van der Waals surface area contributed by atoms with E-state index in [-0.39, 0.29) is 34.7 Å². The van der Waals surface area contributed by atoms with Crippen molar-refractivity contribution in [3.05, 3.63) is 87.9 Å². The van der Waals surface area contributed by atoms with Gasteiger partial charge in [-0.3, -0.25) is 14.5 Å². The highest BCUT2D eigenvalue weighted by Crippen LogP contribution is 2.30. The zero-order valence-corrected chi connectivity index (χ0v) is 25.5. The Morgan fingerprint density at radius 1 is 1.07 bits per heavy atom. The number of nitrogens with one attached hydrogen (secondary N) is 2. The highest BCUT2D eigenvalue weighted by atomic mass is 35.5. The normalized spacial score (nSPS) is 14.4. The summed E-state index contributed by atoms with van der Waals surface area (Å²) >= 11 is 6.16. The molecule has 0 spiro atoms. The number of likely N-dealkylation sites (tertiary alicyclic amines) is 1. The Balaban J connectivity index is 0.00000529. The molecule has 3 aromatic rings. The minimum atomic E-state index is -1.09. The number of nitrogens with two attached hydrogens (primary N) is 1. The first-order valence-electron chi connectivity index (χ1n) is 13.9. The molecule has 0 bridgehead atoms. The Labute approximate surface area is 265 Å². The zero-order valence-electron chi connectivity index (χ0n) is 23.9. The Morgan fingerprint density at radius 2 is 1.75 bits per heavy atom. The molecule has 9 nitrogen and oxygen atoms in total. The van der Waals surface area contributed by atoms with Gasteiger partial charge in [0.15, 0.2) is 0 Å². The van der Waals surface area contributed by atoms with E-state index in [2.05, 4.69) is 15.5 Å². The number of ether oxygens (including phenoxy) is 1. The fourth-order valence-electron chi connectivity index (χ4n) is 4.94. The third-order valence-corrected chi connectivity index (χ3v) is 7.53. The molecule has 3 aromatic carbocycles. The Morgan fingerprint density at radius 3 is 2.34 bits per heavy atom. The smallest absolute Gasteiger partial charge is 0.335 e. The number of halogens is 4. The van der Waals surface area contributed by atoms with Crippen molar-refractivity contribution < 1.29 is 33.0 Å². The molecule has 0 aliphatic carbocycles. The SMILES string of the molecule is CCCC(NC1CCN(Cc2ccc(Oc3ccc(C(=O)O)cc3Cl)cc2)CC1)C(=O)Nc1cc(C(N)=O)c(F)cc1F.Cl. The molecule has 1 saturated heterocycles. The van der Waals surface area contributed by atoms with Gasteiger partial charge in [-0.2, -0.15) is 0 Å². The minimum absolute atomic E-state index is 0. The zero-order chi connectivity index (χ0) is 31.1. The van der Waals surface area contributed by atoms with Gasteiger partial charge < -0.3 is 26.2 Å². The Kier molecular flexibility index (Phi) is 12.5. The third-order valence-electron chi connectivity index (χ3n) is 7.23. The Bertz CT molecular complexity index is 1480. The van der Waals surface area contributed by atoms with Crippen LogP contribution in [0.3, 0.4) is 0 Å². The molecular formula is C31H34Cl2F2N4O5. The molecular weight excluding hydrogens is 617 g/mol. The number of carboxylic acid groups (broad SMARTS) is 1. The van der Waals surface area contributed by atoms with Crippen molar-refractivity contribution in [1.29, 1.82) is 0 Å². The van der Waals surface area contributed by atoms with E-state index < -0.39 is 41.0 Å². The second-order valence-corrected chi connectivity index (χ2v) is 10.8. The average molecular weight is 652 g/mol. The molecule has 0 aromatic heterocycles. The second-order valence-electron chi connectivity index (χ2n) is 10.4. The van der Waals surface area contributed by atoms with Gasteiger partial charge in [0.2, 0.25) is 5.91 Å². The molecule has 13 heteroatoms. The quantitative estimate of drug-likeness (QED) is 0.189. The number of nitrogens with zero attached hydrogens (tertiary/aromatic N) is 1. The number of hydrogen-bond donors (Lipinski definition) is 4. The fourth-order valence-corrected chi connectivity index (χ4v) is 5.16. The summed E-state index contributed by atoms with van der Waals surface area (Å²) in [5.41, 5.74) is 5.53. The number of rotatable bonds is 12. The predicted molar refractivity (Wildman–Crippen MR) is 166 cm³/mol. The first-order valence-corrected chi connectivity index (χ1v) is 14.3. The van der Waals surface area contributed by atoms with E-state index in [4.69, 9.17) is 27.2 Å². The van der Waals surface area contributed by atoms with Gasteiger partial charge in [-0.1, -0.05) is 37.1 Å². The highest BCUT2D eigenvalue weighted by molar-refractivity contribution is 6.32. The van der Waals surface area contributed by atoms with Crippen LogP contribution < -0.4 is 21.1 Å². The van der Waals surface area contributed by atoms with Gasteiger partial charge in [0, 0.05) is 18.7 Å². The summed E-state index contributed by atoms with van der Waals surface area (Å²) in [6.45, 7) is 4.27. The first kappa shape index (κ1) is 34.7. The molecule has 1 atom stereocenters. The van der Waals surface area contributed by atoms with Crippen molar-refractivity contribution >= 4 is 47.5 Å². The summed E-state index contributed by atoms with van der Waals surface area (Å²) < 4.78 is 33.9. The molecule has 1 unspecified atom stereocenters. The van der Waals surface area contributed by atoms with Gasteiger partial charge in [0.25, 0.3) is 5.91 Å². The summed E-state index contributed by atoms with van der Waals surface area (Å²) in [7, 11) is 0. The molecule has 1 aliphatic heterocycles. The van der Waals surface area contributed by atoms with Gasteiger partial charge in [-0.25, -0.2) is 13.6 Å². The highest BCUT2D eigenvalue weighted by Gasteiger charge is 2.26. The van der Waals surface area contributed by atoms with Crippen molar-refractivity contribution in [2.45, 2.75) is 51.2 Å². The minimum Gasteiger partial charge on any atom is -0.478 e. The van der Waals surface area contributed by atoms with Crippen molar-refractivity contribution in [1.82, 2.24) is 10.2 Å².